The molecule has 0 saturated heterocycles. The van der Waals surface area contributed by atoms with Gasteiger partial charge in [0.1, 0.15) is 6.04 Å². The predicted octanol–water partition coefficient (Wildman–Crippen LogP) is 5.75. The number of benzene rings is 3. The molecule has 9 heteroatoms. The average Bonchev–Trinajstić information content (AvgIpc) is 2.88. The van der Waals surface area contributed by atoms with Gasteiger partial charge < -0.3 is 10.2 Å². The highest BCUT2D eigenvalue weighted by atomic mass is 35.5. The normalized spacial score (nSPS) is 12.4. The second kappa shape index (κ2) is 14.0. The van der Waals surface area contributed by atoms with Gasteiger partial charge in [-0.25, -0.2) is 8.42 Å². The minimum atomic E-state index is -3.59. The van der Waals surface area contributed by atoms with Crippen LogP contribution in [0.4, 0.5) is 5.69 Å². The van der Waals surface area contributed by atoms with Gasteiger partial charge in [-0.3, -0.25) is 13.9 Å². The van der Waals surface area contributed by atoms with Gasteiger partial charge in [-0.1, -0.05) is 71.8 Å². The Hall–Kier alpha value is -3.36. The minimum Gasteiger partial charge on any atom is -0.350 e. The highest BCUT2D eigenvalue weighted by Gasteiger charge is 2.32. The maximum atomic E-state index is 13.9. The maximum absolute atomic E-state index is 13.9. The lowest BCUT2D eigenvalue weighted by Crippen LogP contribution is -2.54. The quantitative estimate of drug-likeness (QED) is 0.288. The molecule has 3 aromatic rings. The van der Waals surface area contributed by atoms with Gasteiger partial charge in [-0.15, -0.1) is 0 Å². The van der Waals surface area contributed by atoms with E-state index in [1.54, 1.807) is 29.2 Å². The summed E-state index contributed by atoms with van der Waals surface area (Å²) >= 11 is 5.99. The molecular formula is C32H40ClN3O4S. The molecule has 0 heterocycles. The SMILES string of the molecule is Cc1cccc(CN(C(=O)CCCN(c2ccc(Cl)cc2)S(C)(=O)=O)[C@@H](Cc2ccccc2)C(=O)NC(C)(C)C)c1. The van der Waals surface area contributed by atoms with Crippen molar-refractivity contribution in [3.05, 3.63) is 101 Å². The monoisotopic (exact) mass is 597 g/mol. The molecule has 1 atom stereocenters. The van der Waals surface area contributed by atoms with Crippen molar-refractivity contribution in [1.29, 1.82) is 0 Å². The van der Waals surface area contributed by atoms with Crippen molar-refractivity contribution >= 4 is 39.1 Å². The first-order chi connectivity index (χ1) is 19.2. The van der Waals surface area contributed by atoms with Crippen LogP contribution in [0, 0.1) is 6.92 Å². The van der Waals surface area contributed by atoms with Gasteiger partial charge in [0.15, 0.2) is 0 Å². The van der Waals surface area contributed by atoms with Crippen molar-refractivity contribution < 1.29 is 18.0 Å². The molecule has 41 heavy (non-hydrogen) atoms. The summed E-state index contributed by atoms with van der Waals surface area (Å²) in [4.78, 5) is 29.2. The molecule has 0 bridgehead atoms. The Morgan fingerprint density at radius 3 is 2.15 bits per heavy atom. The molecule has 1 N–H and O–H groups in total. The van der Waals surface area contributed by atoms with Crippen LogP contribution in [0.25, 0.3) is 0 Å². The van der Waals surface area contributed by atoms with Crippen LogP contribution in [0.1, 0.15) is 50.3 Å². The van der Waals surface area contributed by atoms with Gasteiger partial charge in [-0.2, -0.15) is 0 Å². The Bertz CT molecular complexity index is 1420. The Morgan fingerprint density at radius 2 is 1.56 bits per heavy atom. The molecule has 0 spiro atoms. The van der Waals surface area contributed by atoms with Crippen LogP contribution in [-0.2, 0) is 32.6 Å². The second-order valence-electron chi connectivity index (χ2n) is 11.4. The largest absolute Gasteiger partial charge is 0.350 e. The molecule has 0 fully saturated rings. The maximum Gasteiger partial charge on any atom is 0.243 e. The summed E-state index contributed by atoms with van der Waals surface area (Å²) in [5.41, 5.74) is 2.90. The fraction of sp³-hybridized carbons (Fsp3) is 0.375. The van der Waals surface area contributed by atoms with Gasteiger partial charge in [0.05, 0.1) is 11.9 Å². The Kier molecular flexibility index (Phi) is 11.0. The zero-order valence-electron chi connectivity index (χ0n) is 24.4. The summed E-state index contributed by atoms with van der Waals surface area (Å²) in [5, 5.41) is 3.56. The number of carbonyl (C=O) groups is 2. The van der Waals surface area contributed by atoms with Crippen molar-refractivity contribution in [2.75, 3.05) is 17.1 Å². The molecule has 0 aliphatic carbocycles. The number of hydrogen-bond donors (Lipinski definition) is 1. The van der Waals surface area contributed by atoms with Gasteiger partial charge >= 0.3 is 0 Å². The Balaban J connectivity index is 1.90. The van der Waals surface area contributed by atoms with Crippen LogP contribution in [0.3, 0.4) is 0 Å². The molecule has 0 aliphatic rings. The van der Waals surface area contributed by atoms with E-state index >= 15 is 0 Å². The van der Waals surface area contributed by atoms with E-state index in [0.29, 0.717) is 17.1 Å². The van der Waals surface area contributed by atoms with E-state index in [1.807, 2.05) is 82.3 Å². The number of anilines is 1. The van der Waals surface area contributed by atoms with Gasteiger partial charge in [0.2, 0.25) is 21.8 Å². The molecule has 3 aromatic carbocycles. The number of nitrogens with zero attached hydrogens (tertiary/aromatic N) is 2. The van der Waals surface area contributed by atoms with Gasteiger partial charge in [0.25, 0.3) is 0 Å². The summed E-state index contributed by atoms with van der Waals surface area (Å²) < 4.78 is 26.4. The lowest BCUT2D eigenvalue weighted by Gasteiger charge is -2.34. The first-order valence-corrected chi connectivity index (χ1v) is 15.9. The van der Waals surface area contributed by atoms with Crippen LogP contribution in [-0.4, -0.2) is 49.5 Å². The van der Waals surface area contributed by atoms with E-state index in [2.05, 4.69) is 5.32 Å². The molecule has 0 saturated carbocycles. The Morgan fingerprint density at radius 1 is 0.927 bits per heavy atom. The molecule has 220 valence electrons. The fourth-order valence-corrected chi connectivity index (χ4v) is 5.72. The standard InChI is InChI=1S/C32H40ClN3O4S/c1-24-11-9-14-26(21-24)23-35(29(31(38)34-32(2,3)4)22-25-12-7-6-8-13-25)30(37)15-10-20-36(41(5,39)40)28-18-16-27(33)17-19-28/h6-9,11-14,16-19,21,29H,10,15,20,22-23H2,1-5H3,(H,34,38)/t29-/m0/s1. The zero-order chi connectivity index (χ0) is 30.2. The summed E-state index contributed by atoms with van der Waals surface area (Å²) in [6.45, 7) is 8.08. The van der Waals surface area contributed by atoms with E-state index in [1.165, 1.54) is 4.31 Å². The smallest absolute Gasteiger partial charge is 0.243 e. The summed E-state index contributed by atoms with van der Waals surface area (Å²) in [7, 11) is -3.59. The number of amides is 2. The third kappa shape index (κ3) is 10.2. The van der Waals surface area contributed by atoms with Crippen LogP contribution >= 0.6 is 11.6 Å². The number of halogens is 1. The van der Waals surface area contributed by atoms with Crippen molar-refractivity contribution in [1.82, 2.24) is 10.2 Å². The number of sulfonamides is 1. The molecule has 0 aliphatic heterocycles. The van der Waals surface area contributed by atoms with E-state index in [0.717, 1.165) is 22.9 Å². The molecule has 2 amide bonds. The highest BCUT2D eigenvalue weighted by molar-refractivity contribution is 7.92. The topological polar surface area (TPSA) is 86.8 Å². The van der Waals surface area contributed by atoms with E-state index in [-0.39, 0.29) is 37.7 Å². The Labute approximate surface area is 249 Å². The molecule has 0 unspecified atom stereocenters. The van der Waals surface area contributed by atoms with E-state index in [4.69, 9.17) is 11.6 Å². The van der Waals surface area contributed by atoms with Crippen LogP contribution in [0.5, 0.6) is 0 Å². The zero-order valence-corrected chi connectivity index (χ0v) is 26.0. The van der Waals surface area contributed by atoms with Crippen molar-refractivity contribution in [2.45, 2.75) is 65.1 Å². The van der Waals surface area contributed by atoms with Gasteiger partial charge in [-0.05, 0) is 69.5 Å². The number of rotatable bonds is 12. The number of carbonyl (C=O) groups excluding carboxylic acids is 2. The van der Waals surface area contributed by atoms with Crippen molar-refractivity contribution in [3.8, 4) is 0 Å². The molecule has 0 radical (unpaired) electrons. The number of nitrogens with one attached hydrogen (secondary N) is 1. The predicted molar refractivity (Wildman–Crippen MR) is 166 cm³/mol. The molecule has 3 rings (SSSR count). The first kappa shape index (κ1) is 32.2. The summed E-state index contributed by atoms with van der Waals surface area (Å²) in [6, 6.07) is 23.3. The van der Waals surface area contributed by atoms with Crippen LogP contribution in [0.2, 0.25) is 5.02 Å². The van der Waals surface area contributed by atoms with Crippen LogP contribution in [0.15, 0.2) is 78.9 Å². The summed E-state index contributed by atoms with van der Waals surface area (Å²) in [5.74, 6) is -0.456. The molecule has 0 aromatic heterocycles. The van der Waals surface area contributed by atoms with Gasteiger partial charge in [0, 0.05) is 36.5 Å². The molecule has 7 nitrogen and oxygen atoms in total. The first-order valence-electron chi connectivity index (χ1n) is 13.7. The van der Waals surface area contributed by atoms with Crippen molar-refractivity contribution in [2.24, 2.45) is 0 Å². The number of aryl methyl sites for hydroxylation is 1. The fourth-order valence-electron chi connectivity index (χ4n) is 4.63. The van der Waals surface area contributed by atoms with E-state index < -0.39 is 21.6 Å². The third-order valence-electron chi connectivity index (χ3n) is 6.47. The molecular weight excluding hydrogens is 558 g/mol. The average molecular weight is 598 g/mol. The highest BCUT2D eigenvalue weighted by Crippen LogP contribution is 2.22. The number of hydrogen-bond acceptors (Lipinski definition) is 4. The lowest BCUT2D eigenvalue weighted by molar-refractivity contribution is -0.142. The summed E-state index contributed by atoms with van der Waals surface area (Å²) in [6.07, 6.45) is 1.83. The lowest BCUT2D eigenvalue weighted by atomic mass is 10.00. The van der Waals surface area contributed by atoms with Crippen molar-refractivity contribution in [3.63, 3.8) is 0 Å². The van der Waals surface area contributed by atoms with Crippen LogP contribution < -0.4 is 9.62 Å². The van der Waals surface area contributed by atoms with E-state index in [9.17, 15) is 18.0 Å². The minimum absolute atomic E-state index is 0.0690. The third-order valence-corrected chi connectivity index (χ3v) is 7.92. The second-order valence-corrected chi connectivity index (χ2v) is 13.7.